The molecule has 0 aromatic carbocycles. The Hall–Kier alpha value is -2.38. The number of rotatable bonds is 6. The van der Waals surface area contributed by atoms with Crippen LogP contribution in [0.1, 0.15) is 75.5 Å². The van der Waals surface area contributed by atoms with Crippen LogP contribution in [0.3, 0.4) is 0 Å². The second-order valence-corrected chi connectivity index (χ2v) is 7.97. The number of aromatic nitrogens is 3. The summed E-state index contributed by atoms with van der Waals surface area (Å²) < 4.78 is 10.7. The molecule has 27 heavy (non-hydrogen) atoms. The molecule has 2 amide bonds. The van der Waals surface area contributed by atoms with Crippen molar-refractivity contribution in [3.05, 3.63) is 29.2 Å². The van der Waals surface area contributed by atoms with E-state index in [4.69, 9.17) is 9.05 Å². The van der Waals surface area contributed by atoms with Crippen LogP contribution in [0.5, 0.6) is 0 Å². The van der Waals surface area contributed by atoms with E-state index in [0.29, 0.717) is 24.9 Å². The van der Waals surface area contributed by atoms with Crippen LogP contribution in [-0.2, 0) is 13.0 Å². The summed E-state index contributed by atoms with van der Waals surface area (Å²) in [5.41, 5.74) is 0.732. The number of piperidine rings is 1. The summed E-state index contributed by atoms with van der Waals surface area (Å²) in [6.45, 7) is 10.0. The zero-order valence-electron chi connectivity index (χ0n) is 16.6. The van der Waals surface area contributed by atoms with E-state index < -0.39 is 0 Å². The van der Waals surface area contributed by atoms with Crippen molar-refractivity contribution in [3.63, 3.8) is 0 Å². The van der Waals surface area contributed by atoms with Crippen molar-refractivity contribution < 1.29 is 13.8 Å². The molecule has 1 aliphatic rings. The SMILES string of the molecule is CC(C)Cc1noc([C@@H]2CCCN(C(=O)NCc3cc(C(C)C)on3)C2)n1. The fourth-order valence-electron chi connectivity index (χ4n) is 3.21. The van der Waals surface area contributed by atoms with Crippen LogP contribution >= 0.6 is 0 Å². The second kappa shape index (κ2) is 8.54. The maximum absolute atomic E-state index is 12.5. The Morgan fingerprint density at radius 3 is 2.81 bits per heavy atom. The van der Waals surface area contributed by atoms with Gasteiger partial charge >= 0.3 is 6.03 Å². The van der Waals surface area contributed by atoms with Crippen LogP contribution in [0.4, 0.5) is 4.79 Å². The molecule has 2 aromatic rings. The first kappa shape index (κ1) is 19.4. The molecule has 1 N–H and O–H groups in total. The Morgan fingerprint density at radius 1 is 1.30 bits per heavy atom. The number of hydrogen-bond acceptors (Lipinski definition) is 6. The van der Waals surface area contributed by atoms with Crippen LogP contribution in [-0.4, -0.2) is 39.3 Å². The highest BCUT2D eigenvalue weighted by molar-refractivity contribution is 5.74. The van der Waals surface area contributed by atoms with Gasteiger partial charge in [-0.25, -0.2) is 4.79 Å². The minimum Gasteiger partial charge on any atom is -0.361 e. The Morgan fingerprint density at radius 2 is 2.11 bits per heavy atom. The van der Waals surface area contributed by atoms with Gasteiger partial charge in [0, 0.05) is 31.5 Å². The minimum absolute atomic E-state index is 0.0949. The van der Waals surface area contributed by atoms with E-state index in [0.717, 1.165) is 43.1 Å². The summed E-state index contributed by atoms with van der Waals surface area (Å²) in [5.74, 6) is 3.06. The molecule has 148 valence electrons. The molecule has 3 rings (SSSR count). The van der Waals surface area contributed by atoms with Gasteiger partial charge in [-0.05, 0) is 18.8 Å². The number of carbonyl (C=O) groups excluding carboxylic acids is 1. The van der Waals surface area contributed by atoms with Crippen molar-refractivity contribution in [2.45, 2.75) is 65.3 Å². The number of urea groups is 1. The molecule has 3 heterocycles. The Labute approximate surface area is 159 Å². The topological polar surface area (TPSA) is 97.3 Å². The molecule has 2 aromatic heterocycles. The van der Waals surface area contributed by atoms with E-state index in [1.54, 1.807) is 0 Å². The predicted molar refractivity (Wildman–Crippen MR) is 99.2 cm³/mol. The molecule has 1 saturated heterocycles. The van der Waals surface area contributed by atoms with Crippen molar-refractivity contribution >= 4 is 6.03 Å². The molecular weight excluding hydrogens is 346 g/mol. The average molecular weight is 375 g/mol. The fraction of sp³-hybridized carbons (Fsp3) is 0.684. The third kappa shape index (κ3) is 5.08. The number of nitrogens with zero attached hydrogens (tertiary/aromatic N) is 4. The molecule has 1 fully saturated rings. The van der Waals surface area contributed by atoms with E-state index in [9.17, 15) is 4.79 Å². The maximum atomic E-state index is 12.5. The summed E-state index contributed by atoms with van der Waals surface area (Å²) in [5, 5.41) is 11.0. The lowest BCUT2D eigenvalue weighted by Gasteiger charge is -2.30. The number of amides is 2. The summed E-state index contributed by atoms with van der Waals surface area (Å²) >= 11 is 0. The van der Waals surface area contributed by atoms with Crippen molar-refractivity contribution in [1.29, 1.82) is 0 Å². The van der Waals surface area contributed by atoms with Gasteiger partial charge in [-0.15, -0.1) is 0 Å². The van der Waals surface area contributed by atoms with Crippen LogP contribution in [0, 0.1) is 5.92 Å². The predicted octanol–water partition coefficient (Wildman–Crippen LogP) is 3.47. The molecule has 0 bridgehead atoms. The van der Waals surface area contributed by atoms with Gasteiger partial charge in [-0.2, -0.15) is 4.98 Å². The Kier molecular flexibility index (Phi) is 6.13. The Balaban J connectivity index is 1.53. The third-order valence-electron chi connectivity index (χ3n) is 4.70. The lowest BCUT2D eigenvalue weighted by molar-refractivity contribution is 0.171. The highest BCUT2D eigenvalue weighted by Crippen LogP contribution is 2.26. The molecule has 0 aliphatic carbocycles. The lowest BCUT2D eigenvalue weighted by Crippen LogP contribution is -2.44. The van der Waals surface area contributed by atoms with Gasteiger partial charge in [0.15, 0.2) is 5.82 Å². The smallest absolute Gasteiger partial charge is 0.317 e. The van der Waals surface area contributed by atoms with Gasteiger partial charge in [-0.3, -0.25) is 0 Å². The minimum atomic E-state index is -0.101. The zero-order valence-corrected chi connectivity index (χ0v) is 16.6. The number of carbonyl (C=O) groups is 1. The standard InChI is InChI=1S/C19H29N5O3/c1-12(2)8-17-21-18(27-23-17)14-6-5-7-24(11-14)19(25)20-10-15-9-16(13(3)4)26-22-15/h9,12-14H,5-8,10-11H2,1-4H3,(H,20,25)/t14-/m1/s1. The monoisotopic (exact) mass is 375 g/mol. The fourth-order valence-corrected chi connectivity index (χ4v) is 3.21. The van der Waals surface area contributed by atoms with E-state index in [1.807, 2.05) is 24.8 Å². The molecule has 8 heteroatoms. The highest BCUT2D eigenvalue weighted by atomic mass is 16.5. The van der Waals surface area contributed by atoms with Crippen LogP contribution in [0.15, 0.2) is 15.1 Å². The number of hydrogen-bond donors (Lipinski definition) is 1. The van der Waals surface area contributed by atoms with E-state index in [2.05, 4.69) is 34.5 Å². The second-order valence-electron chi connectivity index (χ2n) is 7.97. The zero-order chi connectivity index (χ0) is 19.4. The van der Waals surface area contributed by atoms with Gasteiger partial charge in [0.2, 0.25) is 5.89 Å². The summed E-state index contributed by atoms with van der Waals surface area (Å²) in [6.07, 6.45) is 2.67. The van der Waals surface area contributed by atoms with Gasteiger partial charge in [0.05, 0.1) is 12.5 Å². The molecular formula is C19H29N5O3. The average Bonchev–Trinajstić information content (AvgIpc) is 3.29. The third-order valence-corrected chi connectivity index (χ3v) is 4.70. The van der Waals surface area contributed by atoms with Crippen molar-refractivity contribution in [2.24, 2.45) is 5.92 Å². The van der Waals surface area contributed by atoms with E-state index >= 15 is 0 Å². The van der Waals surface area contributed by atoms with Crippen LogP contribution < -0.4 is 5.32 Å². The van der Waals surface area contributed by atoms with Crippen LogP contribution in [0.25, 0.3) is 0 Å². The lowest BCUT2D eigenvalue weighted by atomic mass is 9.98. The molecule has 1 aliphatic heterocycles. The van der Waals surface area contributed by atoms with Crippen LogP contribution in [0.2, 0.25) is 0 Å². The molecule has 0 spiro atoms. The molecule has 0 saturated carbocycles. The maximum Gasteiger partial charge on any atom is 0.317 e. The number of nitrogens with one attached hydrogen (secondary N) is 1. The Bertz CT molecular complexity index is 752. The normalized spacial score (nSPS) is 17.7. The van der Waals surface area contributed by atoms with Gasteiger partial charge in [0.1, 0.15) is 11.5 Å². The van der Waals surface area contributed by atoms with Gasteiger partial charge in [0.25, 0.3) is 0 Å². The van der Waals surface area contributed by atoms with Crippen molar-refractivity contribution in [3.8, 4) is 0 Å². The van der Waals surface area contributed by atoms with Gasteiger partial charge < -0.3 is 19.3 Å². The molecule has 0 unspecified atom stereocenters. The molecule has 8 nitrogen and oxygen atoms in total. The first-order valence-corrected chi connectivity index (χ1v) is 9.73. The first-order chi connectivity index (χ1) is 12.9. The van der Waals surface area contributed by atoms with Crippen molar-refractivity contribution in [2.75, 3.05) is 13.1 Å². The van der Waals surface area contributed by atoms with Gasteiger partial charge in [-0.1, -0.05) is 38.0 Å². The highest BCUT2D eigenvalue weighted by Gasteiger charge is 2.28. The van der Waals surface area contributed by atoms with E-state index in [1.165, 1.54) is 0 Å². The van der Waals surface area contributed by atoms with E-state index in [-0.39, 0.29) is 17.9 Å². The van der Waals surface area contributed by atoms with Crippen molar-refractivity contribution in [1.82, 2.24) is 25.5 Å². The summed E-state index contributed by atoms with van der Waals surface area (Å²) in [4.78, 5) is 18.9. The number of likely N-dealkylation sites (tertiary alicyclic amines) is 1. The summed E-state index contributed by atoms with van der Waals surface area (Å²) in [6, 6.07) is 1.79. The molecule has 1 atom stereocenters. The summed E-state index contributed by atoms with van der Waals surface area (Å²) in [7, 11) is 0. The first-order valence-electron chi connectivity index (χ1n) is 9.73. The molecule has 0 radical (unpaired) electrons. The quantitative estimate of drug-likeness (QED) is 0.830. The largest absolute Gasteiger partial charge is 0.361 e.